The predicted octanol–water partition coefficient (Wildman–Crippen LogP) is 4.24. The standard InChI is InChI=1S/C26H33FN6/c1-26(2,18-32(3)4)17-29-25-22-16-33(15-19-5-7-21(27)8-6-19)14-11-23(22)30-24(31-25)20-9-12-28-13-10-20/h5-10,12-13H,11,14-18H2,1-4H3,(H,29,30,31). The number of hydrogen-bond acceptors (Lipinski definition) is 6. The molecule has 1 N–H and O–H groups in total. The average molecular weight is 449 g/mol. The van der Waals surface area contributed by atoms with Crippen molar-refractivity contribution >= 4 is 5.82 Å². The van der Waals surface area contributed by atoms with Crippen LogP contribution in [-0.2, 0) is 19.5 Å². The van der Waals surface area contributed by atoms with E-state index in [0.29, 0.717) is 0 Å². The summed E-state index contributed by atoms with van der Waals surface area (Å²) in [6, 6.07) is 10.7. The van der Waals surface area contributed by atoms with Crippen LogP contribution in [0.5, 0.6) is 0 Å². The molecule has 0 atom stereocenters. The fourth-order valence-electron chi connectivity index (χ4n) is 4.46. The highest BCUT2D eigenvalue weighted by Gasteiger charge is 2.25. The van der Waals surface area contributed by atoms with E-state index in [0.717, 1.165) is 73.2 Å². The zero-order chi connectivity index (χ0) is 23.4. The van der Waals surface area contributed by atoms with Gasteiger partial charge in [-0.2, -0.15) is 0 Å². The minimum absolute atomic E-state index is 0.0840. The first-order valence-electron chi connectivity index (χ1n) is 11.4. The van der Waals surface area contributed by atoms with Gasteiger partial charge in [0.05, 0.1) is 5.69 Å². The van der Waals surface area contributed by atoms with Gasteiger partial charge < -0.3 is 10.2 Å². The Morgan fingerprint density at radius 1 is 1.06 bits per heavy atom. The van der Waals surface area contributed by atoms with Crippen molar-refractivity contribution in [1.29, 1.82) is 0 Å². The van der Waals surface area contributed by atoms with Gasteiger partial charge >= 0.3 is 0 Å². The van der Waals surface area contributed by atoms with Crippen LogP contribution in [0.3, 0.4) is 0 Å². The number of aromatic nitrogens is 3. The third-order valence-corrected chi connectivity index (χ3v) is 5.88. The minimum atomic E-state index is -0.202. The maximum atomic E-state index is 13.3. The zero-order valence-electron chi connectivity index (χ0n) is 20.0. The molecule has 1 aromatic carbocycles. The van der Waals surface area contributed by atoms with Crippen LogP contribution in [0.4, 0.5) is 10.2 Å². The molecule has 1 aliphatic rings. The molecule has 4 rings (SSSR count). The lowest BCUT2D eigenvalue weighted by Crippen LogP contribution is -2.36. The van der Waals surface area contributed by atoms with E-state index in [-0.39, 0.29) is 11.2 Å². The smallest absolute Gasteiger partial charge is 0.161 e. The Hall–Kier alpha value is -2.90. The lowest BCUT2D eigenvalue weighted by molar-refractivity contribution is 0.242. The molecular weight excluding hydrogens is 415 g/mol. The largest absolute Gasteiger partial charge is 0.369 e. The lowest BCUT2D eigenvalue weighted by atomic mass is 9.92. The maximum absolute atomic E-state index is 13.3. The molecule has 0 amide bonds. The Morgan fingerprint density at radius 2 is 1.79 bits per heavy atom. The van der Waals surface area contributed by atoms with Gasteiger partial charge in [-0.05, 0) is 49.3 Å². The van der Waals surface area contributed by atoms with E-state index in [1.54, 1.807) is 12.4 Å². The molecule has 2 aromatic heterocycles. The summed E-state index contributed by atoms with van der Waals surface area (Å²) in [5, 5.41) is 3.65. The highest BCUT2D eigenvalue weighted by atomic mass is 19.1. The zero-order valence-corrected chi connectivity index (χ0v) is 20.0. The van der Waals surface area contributed by atoms with Crippen LogP contribution in [0.1, 0.15) is 30.7 Å². The SMILES string of the molecule is CN(C)CC(C)(C)CNc1nc(-c2ccncc2)nc2c1CN(Cc1ccc(F)cc1)CC2. The Bertz CT molecular complexity index is 1070. The summed E-state index contributed by atoms with van der Waals surface area (Å²) in [6.45, 7) is 8.75. The number of hydrogen-bond donors (Lipinski definition) is 1. The van der Waals surface area contributed by atoms with Crippen molar-refractivity contribution in [3.05, 3.63) is 71.4 Å². The molecule has 0 saturated heterocycles. The van der Waals surface area contributed by atoms with Gasteiger partial charge in [0, 0.05) is 62.7 Å². The van der Waals surface area contributed by atoms with Crippen molar-refractivity contribution in [1.82, 2.24) is 24.8 Å². The van der Waals surface area contributed by atoms with Crippen LogP contribution >= 0.6 is 0 Å². The van der Waals surface area contributed by atoms with Crippen molar-refractivity contribution in [2.24, 2.45) is 5.41 Å². The molecule has 0 aliphatic carbocycles. The summed E-state index contributed by atoms with van der Waals surface area (Å²) in [6.07, 6.45) is 4.40. The number of halogens is 1. The van der Waals surface area contributed by atoms with E-state index in [1.807, 2.05) is 24.3 Å². The van der Waals surface area contributed by atoms with Gasteiger partial charge in [-0.1, -0.05) is 26.0 Å². The second kappa shape index (κ2) is 9.93. The third kappa shape index (κ3) is 6.12. The predicted molar refractivity (Wildman–Crippen MR) is 130 cm³/mol. The first kappa shape index (κ1) is 23.3. The molecule has 0 saturated carbocycles. The normalized spacial score (nSPS) is 14.4. The van der Waals surface area contributed by atoms with Gasteiger partial charge in [-0.3, -0.25) is 9.88 Å². The molecule has 6 nitrogen and oxygen atoms in total. The van der Waals surface area contributed by atoms with Gasteiger partial charge in [0.1, 0.15) is 11.6 Å². The van der Waals surface area contributed by atoms with Crippen molar-refractivity contribution in [2.75, 3.05) is 39.0 Å². The van der Waals surface area contributed by atoms with Crippen LogP contribution in [0, 0.1) is 11.2 Å². The molecule has 33 heavy (non-hydrogen) atoms. The first-order valence-corrected chi connectivity index (χ1v) is 11.4. The summed E-state index contributed by atoms with van der Waals surface area (Å²) < 4.78 is 13.3. The van der Waals surface area contributed by atoms with Crippen molar-refractivity contribution < 1.29 is 4.39 Å². The van der Waals surface area contributed by atoms with Gasteiger partial charge in [-0.15, -0.1) is 0 Å². The highest BCUT2D eigenvalue weighted by molar-refractivity contribution is 5.60. The second-order valence-corrected chi connectivity index (χ2v) is 9.90. The van der Waals surface area contributed by atoms with Crippen molar-refractivity contribution in [2.45, 2.75) is 33.4 Å². The van der Waals surface area contributed by atoms with Crippen LogP contribution in [0.25, 0.3) is 11.4 Å². The molecule has 0 fully saturated rings. The van der Waals surface area contributed by atoms with E-state index in [2.05, 4.69) is 48.0 Å². The number of fused-ring (bicyclic) bond motifs is 1. The van der Waals surface area contributed by atoms with Crippen LogP contribution < -0.4 is 5.32 Å². The third-order valence-electron chi connectivity index (χ3n) is 5.88. The molecular formula is C26H33FN6. The van der Waals surface area contributed by atoms with Gasteiger partial charge in [0.15, 0.2) is 5.82 Å². The first-order chi connectivity index (χ1) is 15.8. The van der Waals surface area contributed by atoms with Gasteiger partial charge in [0.25, 0.3) is 0 Å². The molecule has 0 bridgehead atoms. The number of pyridine rings is 1. The summed E-state index contributed by atoms with van der Waals surface area (Å²) >= 11 is 0. The van der Waals surface area contributed by atoms with Crippen LogP contribution in [-0.4, -0.2) is 58.5 Å². The number of nitrogens with one attached hydrogen (secondary N) is 1. The Morgan fingerprint density at radius 3 is 2.48 bits per heavy atom. The number of anilines is 1. The number of rotatable bonds is 8. The summed E-state index contributed by atoms with van der Waals surface area (Å²) in [5.41, 5.74) is 4.41. The molecule has 0 unspecified atom stereocenters. The second-order valence-electron chi connectivity index (χ2n) is 9.90. The summed E-state index contributed by atoms with van der Waals surface area (Å²) in [4.78, 5) is 18.6. The van der Waals surface area contributed by atoms with Gasteiger partial charge in [-0.25, -0.2) is 14.4 Å². The monoisotopic (exact) mass is 448 g/mol. The molecule has 174 valence electrons. The highest BCUT2D eigenvalue weighted by Crippen LogP contribution is 2.29. The summed E-state index contributed by atoms with van der Waals surface area (Å²) in [5.74, 6) is 1.44. The Labute approximate surface area is 195 Å². The van der Waals surface area contributed by atoms with E-state index in [4.69, 9.17) is 9.97 Å². The summed E-state index contributed by atoms with van der Waals surface area (Å²) in [7, 11) is 4.20. The molecule has 3 heterocycles. The Balaban J connectivity index is 1.61. The lowest BCUT2D eigenvalue weighted by Gasteiger charge is -2.32. The number of benzene rings is 1. The topological polar surface area (TPSA) is 57.2 Å². The van der Waals surface area contributed by atoms with E-state index in [9.17, 15) is 4.39 Å². The van der Waals surface area contributed by atoms with Crippen molar-refractivity contribution in [3.8, 4) is 11.4 Å². The molecule has 0 radical (unpaired) electrons. The van der Waals surface area contributed by atoms with Crippen molar-refractivity contribution in [3.63, 3.8) is 0 Å². The molecule has 7 heteroatoms. The number of nitrogens with zero attached hydrogens (tertiary/aromatic N) is 5. The maximum Gasteiger partial charge on any atom is 0.161 e. The van der Waals surface area contributed by atoms with Crippen LogP contribution in [0.15, 0.2) is 48.8 Å². The Kier molecular flexibility index (Phi) is 7.00. The average Bonchev–Trinajstić information content (AvgIpc) is 2.79. The minimum Gasteiger partial charge on any atom is -0.369 e. The quantitative estimate of drug-likeness (QED) is 0.556. The molecule has 0 spiro atoms. The molecule has 1 aliphatic heterocycles. The van der Waals surface area contributed by atoms with Crippen LogP contribution in [0.2, 0.25) is 0 Å². The fraction of sp³-hybridized carbons (Fsp3) is 0.423. The van der Waals surface area contributed by atoms with Gasteiger partial charge in [0.2, 0.25) is 0 Å². The molecule has 3 aromatic rings. The fourth-order valence-corrected chi connectivity index (χ4v) is 4.46. The van der Waals surface area contributed by atoms with E-state index in [1.165, 1.54) is 12.1 Å². The van der Waals surface area contributed by atoms with E-state index < -0.39 is 0 Å². The van der Waals surface area contributed by atoms with E-state index >= 15 is 0 Å².